The van der Waals surface area contributed by atoms with Crippen molar-refractivity contribution in [3.8, 4) is 0 Å². The highest BCUT2D eigenvalue weighted by Gasteiger charge is 2.09. The Kier molecular flexibility index (Phi) is 2.43. The molecule has 4 nitrogen and oxygen atoms in total. The number of carbonyl (C=O) groups excluding carboxylic acids is 1. The number of ether oxygens (including phenoxy) is 2. The second-order valence-electron chi connectivity index (χ2n) is 1.72. The van der Waals surface area contributed by atoms with Crippen LogP contribution in [0.25, 0.3) is 0 Å². The lowest BCUT2D eigenvalue weighted by atomic mass is 10.4. The van der Waals surface area contributed by atoms with Gasteiger partial charge < -0.3 is 9.47 Å². The summed E-state index contributed by atoms with van der Waals surface area (Å²) in [6.45, 7) is 0. The summed E-state index contributed by atoms with van der Waals surface area (Å²) in [5, 5.41) is 0. The van der Waals surface area contributed by atoms with Gasteiger partial charge in [-0.05, 0) is 0 Å². The summed E-state index contributed by atoms with van der Waals surface area (Å²) in [4.78, 5) is 14.5. The van der Waals surface area contributed by atoms with Gasteiger partial charge in [-0.2, -0.15) is 0 Å². The molecule has 0 amide bonds. The molecular formula is C7H7NO3. The van der Waals surface area contributed by atoms with Crippen LogP contribution in [0.1, 0.15) is 0 Å². The van der Waals surface area contributed by atoms with E-state index in [0.717, 1.165) is 0 Å². The molecule has 1 aliphatic rings. The van der Waals surface area contributed by atoms with E-state index >= 15 is 0 Å². The van der Waals surface area contributed by atoms with E-state index in [1.165, 1.54) is 31.9 Å². The number of hydrogen-bond donors (Lipinski definition) is 0. The number of carbonyl (C=O) groups is 1. The van der Waals surface area contributed by atoms with E-state index in [4.69, 9.17) is 4.74 Å². The Balaban J connectivity index is 2.72. The maximum absolute atomic E-state index is 10.8. The molecule has 1 aliphatic heterocycles. The molecule has 0 N–H and O–H groups in total. The third-order valence-corrected chi connectivity index (χ3v) is 1.04. The maximum Gasteiger partial charge on any atom is 0.373 e. The highest BCUT2D eigenvalue weighted by atomic mass is 16.6. The second-order valence-corrected chi connectivity index (χ2v) is 1.72. The molecule has 4 heteroatoms. The monoisotopic (exact) mass is 153 g/mol. The minimum atomic E-state index is -0.511. The zero-order valence-corrected chi connectivity index (χ0v) is 5.98. The minimum absolute atomic E-state index is 0.130. The highest BCUT2D eigenvalue weighted by molar-refractivity contribution is 5.91. The Bertz CT molecular complexity index is 240. The summed E-state index contributed by atoms with van der Waals surface area (Å²) in [5.41, 5.74) is 0. The third kappa shape index (κ3) is 1.93. The molecule has 0 bridgehead atoms. The van der Waals surface area contributed by atoms with Gasteiger partial charge in [-0.25, -0.2) is 4.79 Å². The van der Waals surface area contributed by atoms with Gasteiger partial charge in [-0.3, -0.25) is 4.99 Å². The second kappa shape index (κ2) is 3.55. The lowest BCUT2D eigenvalue weighted by Gasteiger charge is -2.00. The van der Waals surface area contributed by atoms with E-state index in [-0.39, 0.29) is 5.76 Å². The predicted molar refractivity (Wildman–Crippen MR) is 38.8 cm³/mol. The number of hydrogen-bond acceptors (Lipinski definition) is 4. The van der Waals surface area contributed by atoms with Crippen molar-refractivity contribution in [2.24, 2.45) is 4.99 Å². The number of esters is 1. The van der Waals surface area contributed by atoms with Crippen molar-refractivity contribution in [1.82, 2.24) is 0 Å². The molecule has 0 unspecified atom stereocenters. The number of nitrogens with zero attached hydrogens (tertiary/aromatic N) is 1. The molecule has 0 aromatic rings. The molecule has 0 aliphatic carbocycles. The summed E-state index contributed by atoms with van der Waals surface area (Å²) >= 11 is 0. The van der Waals surface area contributed by atoms with Crippen molar-refractivity contribution < 1.29 is 14.3 Å². The summed E-state index contributed by atoms with van der Waals surface area (Å²) in [6.07, 6.45) is 5.64. The van der Waals surface area contributed by atoms with Gasteiger partial charge in [0.25, 0.3) is 0 Å². The van der Waals surface area contributed by atoms with Crippen LogP contribution in [0.5, 0.6) is 0 Å². The summed E-state index contributed by atoms with van der Waals surface area (Å²) < 4.78 is 9.25. The highest BCUT2D eigenvalue weighted by Crippen LogP contribution is 2.02. The van der Waals surface area contributed by atoms with E-state index < -0.39 is 5.97 Å². The van der Waals surface area contributed by atoms with Crippen LogP contribution in [0.3, 0.4) is 0 Å². The van der Waals surface area contributed by atoms with Gasteiger partial charge in [-0.1, -0.05) is 0 Å². The van der Waals surface area contributed by atoms with E-state index in [1.54, 1.807) is 0 Å². The van der Waals surface area contributed by atoms with E-state index in [0.29, 0.717) is 0 Å². The molecule has 58 valence electrons. The smallest absolute Gasteiger partial charge is 0.373 e. The Morgan fingerprint density at radius 3 is 3.27 bits per heavy atom. The molecule has 0 radical (unpaired) electrons. The van der Waals surface area contributed by atoms with Crippen LogP contribution in [0, 0.1) is 0 Å². The normalized spacial score (nSPS) is 14.8. The molecule has 0 atom stereocenters. The largest absolute Gasteiger partial charge is 0.463 e. The van der Waals surface area contributed by atoms with E-state index in [9.17, 15) is 4.79 Å². The number of allylic oxidation sites excluding steroid dienone is 1. The molecule has 0 spiro atoms. The van der Waals surface area contributed by atoms with Gasteiger partial charge in [0.15, 0.2) is 0 Å². The van der Waals surface area contributed by atoms with Gasteiger partial charge in [0, 0.05) is 12.3 Å². The Hall–Kier alpha value is -1.58. The van der Waals surface area contributed by atoms with Gasteiger partial charge >= 0.3 is 5.97 Å². The van der Waals surface area contributed by atoms with Crippen LogP contribution in [-0.4, -0.2) is 19.3 Å². The molecule has 11 heavy (non-hydrogen) atoms. The first-order valence-electron chi connectivity index (χ1n) is 2.98. The topological polar surface area (TPSA) is 47.9 Å². The van der Waals surface area contributed by atoms with Gasteiger partial charge in [0.1, 0.15) is 6.26 Å². The first-order valence-corrected chi connectivity index (χ1v) is 2.98. The Morgan fingerprint density at radius 1 is 1.73 bits per heavy atom. The number of methoxy groups -OCH3 is 1. The molecule has 0 aromatic carbocycles. The average molecular weight is 153 g/mol. The van der Waals surface area contributed by atoms with Crippen LogP contribution >= 0.6 is 0 Å². The van der Waals surface area contributed by atoms with Crippen molar-refractivity contribution in [3.63, 3.8) is 0 Å². The summed E-state index contributed by atoms with van der Waals surface area (Å²) in [7, 11) is 1.29. The molecule has 0 aromatic heterocycles. The SMILES string of the molecule is COC(=O)C1=CC=NC=CO1. The summed E-state index contributed by atoms with van der Waals surface area (Å²) in [6, 6.07) is 0. The van der Waals surface area contributed by atoms with E-state index in [1.807, 2.05) is 0 Å². The minimum Gasteiger partial charge on any atom is -0.463 e. The van der Waals surface area contributed by atoms with Crippen molar-refractivity contribution in [3.05, 3.63) is 24.3 Å². The molecule has 1 heterocycles. The van der Waals surface area contributed by atoms with Gasteiger partial charge in [0.2, 0.25) is 5.76 Å². The van der Waals surface area contributed by atoms with Crippen molar-refractivity contribution >= 4 is 12.2 Å². The fourth-order valence-corrected chi connectivity index (χ4v) is 0.555. The Labute approximate surface area is 63.8 Å². The number of aliphatic imine (C=N–C) groups is 1. The summed E-state index contributed by atoms with van der Waals surface area (Å²) in [5.74, 6) is -0.381. The zero-order valence-electron chi connectivity index (χ0n) is 5.98. The maximum atomic E-state index is 10.8. The first-order chi connectivity index (χ1) is 5.34. The molecule has 1 rings (SSSR count). The third-order valence-electron chi connectivity index (χ3n) is 1.04. The zero-order chi connectivity index (χ0) is 8.10. The lowest BCUT2D eigenvalue weighted by Crippen LogP contribution is -2.05. The molecule has 0 fully saturated rings. The predicted octanol–water partition coefficient (Wildman–Crippen LogP) is 0.615. The molecule has 0 saturated carbocycles. The van der Waals surface area contributed by atoms with E-state index in [2.05, 4.69) is 9.73 Å². The van der Waals surface area contributed by atoms with Crippen LogP contribution in [0.2, 0.25) is 0 Å². The molecular weight excluding hydrogens is 146 g/mol. The van der Waals surface area contributed by atoms with Crippen molar-refractivity contribution in [2.75, 3.05) is 7.11 Å². The van der Waals surface area contributed by atoms with Crippen LogP contribution in [0.4, 0.5) is 0 Å². The Morgan fingerprint density at radius 2 is 2.55 bits per heavy atom. The lowest BCUT2D eigenvalue weighted by molar-refractivity contribution is -0.139. The first kappa shape index (κ1) is 7.53. The average Bonchev–Trinajstić information content (AvgIpc) is 2.30. The molecule has 0 saturated heterocycles. The number of rotatable bonds is 1. The van der Waals surface area contributed by atoms with Crippen molar-refractivity contribution in [2.45, 2.75) is 0 Å². The standard InChI is InChI=1S/C7H7NO3/c1-10-7(9)6-2-3-8-4-5-11-6/h2-5H,1H3. The van der Waals surface area contributed by atoms with Crippen LogP contribution in [0.15, 0.2) is 29.3 Å². The van der Waals surface area contributed by atoms with Gasteiger partial charge in [-0.15, -0.1) is 0 Å². The van der Waals surface area contributed by atoms with Crippen LogP contribution in [-0.2, 0) is 14.3 Å². The van der Waals surface area contributed by atoms with Crippen molar-refractivity contribution in [1.29, 1.82) is 0 Å². The van der Waals surface area contributed by atoms with Gasteiger partial charge in [0.05, 0.1) is 13.3 Å². The van der Waals surface area contributed by atoms with Crippen LogP contribution < -0.4 is 0 Å². The fourth-order valence-electron chi connectivity index (χ4n) is 0.555. The fraction of sp³-hybridized carbons (Fsp3) is 0.143. The quantitative estimate of drug-likeness (QED) is 0.518.